The molecule has 6 rings (SSSR count). The van der Waals surface area contributed by atoms with Crippen LogP contribution >= 0.6 is 21.6 Å². The zero-order valence-electron chi connectivity index (χ0n) is 64.4. The number of hydrogen-bond acceptors (Lipinski definition) is 21. The van der Waals surface area contributed by atoms with E-state index in [1.807, 2.05) is 13.8 Å². The average molecular weight is 1600 g/mol. The standard InChI is InChI=1S/C74H107N19O17S2/c1-10-43(6)63(73(109)88-51(27-41(2)3)64(100)75-9)91-70(106)56(32-49-35-77-40-81-49)85-71(107)58-37-111-112-38-59(90-68(104)55(31-48-34-76-39-80-48)84-66(102)53(29-46-15-12-11-13-16-46)82-61(97)36-92(25-22-78-44(7)94)26-23-79-45(8)95)74(110)93-24-14-17-60(93)72(108)87-54(30-47-18-20-50(96)21-19-47)67(103)86-57(33-62(98)99)69(105)83-52(28-42(4)5)65(101)89-58/h11-13,15-16,18-21,34-35,39-43,51-60,63,96H,10,14,17,22-33,36-38H2,1-9H3,(H,75,100)(H,76,80)(H,77,81)(H,78,94)(H,79,95)(H,82,97)(H,83,105)(H,84,102)(H,85,107)(H,86,103)(H,87,108)(H,88,109)(H,89,101)(H,90,104)(H,91,106)(H,98,99)/t43?,51-,52-,53-,54-,55-,56-,57-,58-,59-,60?,63-/m0/s1. The Balaban J connectivity index is 1.42. The number of likely N-dealkylation sites (N-methyl/N-ethyl adjacent to an activating group) is 1. The number of aromatic nitrogens is 4. The molecule has 2 fully saturated rings. The van der Waals surface area contributed by atoms with Gasteiger partial charge in [-0.2, -0.15) is 0 Å². The van der Waals surface area contributed by atoms with Crippen LogP contribution in [0.2, 0.25) is 0 Å². The first-order chi connectivity index (χ1) is 53.3. The minimum Gasteiger partial charge on any atom is -0.508 e. The van der Waals surface area contributed by atoms with Crippen molar-refractivity contribution in [3.63, 3.8) is 0 Å². The van der Waals surface area contributed by atoms with Crippen LogP contribution < -0.4 is 69.1 Å². The fourth-order valence-electron chi connectivity index (χ4n) is 12.5. The monoisotopic (exact) mass is 1600 g/mol. The van der Waals surface area contributed by atoms with Gasteiger partial charge in [0.05, 0.1) is 25.6 Å². The second-order valence-corrected chi connectivity index (χ2v) is 31.1. The van der Waals surface area contributed by atoms with E-state index in [1.165, 1.54) is 75.1 Å². The number of hydrogen-bond donors (Lipinski definition) is 17. The molecule has 4 aromatic rings. The Morgan fingerprint density at radius 3 is 1.75 bits per heavy atom. The lowest BCUT2D eigenvalue weighted by atomic mass is 9.96. The van der Waals surface area contributed by atoms with Crippen LogP contribution in [-0.2, 0) is 97.6 Å². The molecule has 0 saturated carbocycles. The van der Waals surface area contributed by atoms with Crippen molar-refractivity contribution in [3.8, 4) is 5.75 Å². The molecule has 0 radical (unpaired) electrons. The Morgan fingerprint density at radius 2 is 1.18 bits per heavy atom. The Morgan fingerprint density at radius 1 is 0.616 bits per heavy atom. The number of phenols is 1. The van der Waals surface area contributed by atoms with E-state index in [1.54, 1.807) is 62.9 Å². The first-order valence-electron chi connectivity index (χ1n) is 37.3. The summed E-state index contributed by atoms with van der Waals surface area (Å²) in [7, 11) is 3.25. The molecule has 4 heterocycles. The summed E-state index contributed by atoms with van der Waals surface area (Å²) in [6, 6.07) is -2.18. The summed E-state index contributed by atoms with van der Waals surface area (Å²) in [5.41, 5.74) is 1.66. The van der Waals surface area contributed by atoms with Gasteiger partial charge in [0.1, 0.15) is 72.2 Å². The lowest BCUT2D eigenvalue weighted by Gasteiger charge is -2.31. The SMILES string of the molecule is CCC(C)[C@H](NC(=O)[C@H](Cc1cnc[nH]1)NC(=O)[C@@H]1CSSC[C@H](NC(=O)[C@H](Cc2cnc[nH]2)NC(=O)[C@H](Cc2ccccc2)NC(=O)CN(CCNC(C)=O)CCNC(C)=O)C(=O)N2CCCC2C(=O)N[C@@H](Cc2ccc(O)cc2)C(=O)N[C@@H](CC(=O)O)C(=O)N[C@@H](CC(C)C)C(=O)N1)C(=O)N[C@@H](CC(C)C)C(=O)NC. The molecule has 2 saturated heterocycles. The molecule has 14 amide bonds. The number of imidazole rings is 2. The third-order valence-electron chi connectivity index (χ3n) is 18.5. The molecule has 38 heteroatoms. The van der Waals surface area contributed by atoms with Crippen molar-refractivity contribution in [2.24, 2.45) is 17.8 Å². The summed E-state index contributed by atoms with van der Waals surface area (Å²) in [5.74, 6) is -14.4. The molecule has 0 bridgehead atoms. The highest BCUT2D eigenvalue weighted by Crippen LogP contribution is 2.27. The largest absolute Gasteiger partial charge is 0.508 e. The topological polar surface area (TPSA) is 517 Å². The van der Waals surface area contributed by atoms with Crippen LogP contribution in [0.3, 0.4) is 0 Å². The fourth-order valence-corrected chi connectivity index (χ4v) is 14.8. The van der Waals surface area contributed by atoms with Gasteiger partial charge >= 0.3 is 5.97 Å². The van der Waals surface area contributed by atoms with Crippen LogP contribution in [0.25, 0.3) is 0 Å². The number of benzene rings is 2. The number of aromatic hydroxyl groups is 1. The number of nitrogens with one attached hydrogen (secondary N) is 15. The molecule has 17 N–H and O–H groups in total. The molecule has 612 valence electrons. The Kier molecular flexibility index (Phi) is 36.8. The lowest BCUT2D eigenvalue weighted by Crippen LogP contribution is -2.62. The number of aliphatic carboxylic acids is 1. The van der Waals surface area contributed by atoms with Crippen molar-refractivity contribution in [1.29, 1.82) is 0 Å². The zero-order chi connectivity index (χ0) is 82.1. The normalized spacial score (nSPS) is 19.6. The summed E-state index contributed by atoms with van der Waals surface area (Å²) >= 11 is 0. The molecule has 2 aromatic carbocycles. The van der Waals surface area contributed by atoms with Gasteiger partial charge in [-0.05, 0) is 66.7 Å². The third kappa shape index (κ3) is 30.2. The average Bonchev–Trinajstić information content (AvgIpc) is 1.23. The van der Waals surface area contributed by atoms with Gasteiger partial charge in [-0.1, -0.05) is 112 Å². The van der Waals surface area contributed by atoms with Crippen LogP contribution in [0.15, 0.2) is 79.6 Å². The van der Waals surface area contributed by atoms with Crippen LogP contribution in [-0.4, -0.2) is 253 Å². The van der Waals surface area contributed by atoms with Crippen molar-refractivity contribution in [2.45, 2.75) is 186 Å². The number of rotatable bonds is 36. The number of H-pyrrole nitrogens is 2. The van der Waals surface area contributed by atoms with E-state index in [4.69, 9.17) is 0 Å². The van der Waals surface area contributed by atoms with Gasteiger partial charge in [-0.3, -0.25) is 76.8 Å². The summed E-state index contributed by atoms with van der Waals surface area (Å²) in [5, 5.41) is 55.4. The first kappa shape index (κ1) is 90.3. The second kappa shape index (κ2) is 45.6. The van der Waals surface area contributed by atoms with Crippen LogP contribution in [0.1, 0.15) is 116 Å². The van der Waals surface area contributed by atoms with Crippen LogP contribution in [0, 0.1) is 17.8 Å². The quantitative estimate of drug-likeness (QED) is 0.0225. The summed E-state index contributed by atoms with van der Waals surface area (Å²) < 4.78 is 0. The van der Waals surface area contributed by atoms with E-state index >= 15 is 14.4 Å². The van der Waals surface area contributed by atoms with Gasteiger partial charge in [0, 0.05) is 115 Å². The minimum atomic E-state index is -1.92. The second-order valence-electron chi connectivity index (χ2n) is 28.6. The molecular weight excluding hydrogens is 1490 g/mol. The van der Waals surface area contributed by atoms with Gasteiger partial charge in [0.15, 0.2) is 0 Å². The highest BCUT2D eigenvalue weighted by Gasteiger charge is 2.42. The number of fused-ring (bicyclic) bond motifs is 1. The Bertz CT molecular complexity index is 3820. The van der Waals surface area contributed by atoms with E-state index in [0.29, 0.717) is 28.9 Å². The molecule has 2 unspecified atom stereocenters. The fraction of sp³-hybridized carbons (Fsp3) is 0.554. The third-order valence-corrected chi connectivity index (χ3v) is 20.9. The van der Waals surface area contributed by atoms with Crippen molar-refractivity contribution in [1.82, 2.24) is 98.9 Å². The number of carbonyl (C=O) groups excluding carboxylic acids is 14. The van der Waals surface area contributed by atoms with E-state index in [-0.39, 0.29) is 126 Å². The summed E-state index contributed by atoms with van der Waals surface area (Å²) in [6.07, 6.45) is 4.17. The number of amides is 14. The maximum absolute atomic E-state index is 15.6. The Labute approximate surface area is 657 Å². The molecule has 2 aliphatic rings. The van der Waals surface area contributed by atoms with Gasteiger partial charge < -0.3 is 94.2 Å². The maximum Gasteiger partial charge on any atom is 0.305 e. The van der Waals surface area contributed by atoms with Crippen LogP contribution in [0.4, 0.5) is 0 Å². The number of carboxylic acid groups (broad SMARTS) is 1. The number of phenolic OH excluding ortho intramolecular Hbond substituents is 1. The minimum absolute atomic E-state index is 0.0160. The van der Waals surface area contributed by atoms with E-state index < -0.39 is 161 Å². The van der Waals surface area contributed by atoms with Crippen molar-refractivity contribution in [2.75, 3.05) is 57.8 Å². The highest BCUT2D eigenvalue weighted by molar-refractivity contribution is 8.76. The van der Waals surface area contributed by atoms with Gasteiger partial charge in [0.2, 0.25) is 82.7 Å². The van der Waals surface area contributed by atoms with E-state index in [9.17, 15) is 67.7 Å². The predicted octanol–water partition coefficient (Wildman–Crippen LogP) is -1.72. The molecule has 0 aliphatic carbocycles. The molecule has 36 nitrogen and oxygen atoms in total. The molecule has 12 atom stereocenters. The lowest BCUT2D eigenvalue weighted by molar-refractivity contribution is -0.142. The van der Waals surface area contributed by atoms with E-state index in [0.717, 1.165) is 21.6 Å². The number of carbonyl (C=O) groups is 15. The maximum atomic E-state index is 15.6. The van der Waals surface area contributed by atoms with E-state index in [2.05, 4.69) is 89.1 Å². The zero-order valence-corrected chi connectivity index (χ0v) is 66.1. The predicted molar refractivity (Wildman–Crippen MR) is 414 cm³/mol. The molecule has 2 aromatic heterocycles. The van der Waals surface area contributed by atoms with Crippen LogP contribution in [0.5, 0.6) is 5.75 Å². The number of aromatic amines is 2. The van der Waals surface area contributed by atoms with Crippen molar-refractivity contribution in [3.05, 3.63) is 102 Å². The summed E-state index contributed by atoms with van der Waals surface area (Å²) in [6.45, 7) is 13.6. The number of carboxylic acids is 1. The van der Waals surface area contributed by atoms with Gasteiger partial charge in [-0.15, -0.1) is 0 Å². The number of nitrogens with zero attached hydrogens (tertiary/aromatic N) is 4. The highest BCUT2D eigenvalue weighted by atomic mass is 33.1. The molecule has 112 heavy (non-hydrogen) atoms. The van der Waals surface area contributed by atoms with Crippen molar-refractivity contribution >= 4 is 110 Å². The molecular formula is C74H107N19O17S2. The van der Waals surface area contributed by atoms with Gasteiger partial charge in [-0.25, -0.2) is 9.97 Å². The molecule has 0 spiro atoms. The van der Waals surface area contributed by atoms with Gasteiger partial charge in [0.25, 0.3) is 0 Å². The summed E-state index contributed by atoms with van der Waals surface area (Å²) in [4.78, 5) is 230. The molecule has 2 aliphatic heterocycles. The first-order valence-corrected chi connectivity index (χ1v) is 39.8. The van der Waals surface area contributed by atoms with Crippen molar-refractivity contribution < 1.29 is 82.1 Å². The Hall–Kier alpha value is -10.6. The smallest absolute Gasteiger partial charge is 0.305 e.